The minimum absolute atomic E-state index is 0.0696. The molecule has 13 heavy (non-hydrogen) atoms. The first kappa shape index (κ1) is 12.8. The highest BCUT2D eigenvalue weighted by Crippen LogP contribution is 2.14. The number of hydrogen-bond acceptors (Lipinski definition) is 4. The van der Waals surface area contributed by atoms with Crippen LogP contribution in [0.4, 0.5) is 0 Å². The maximum Gasteiger partial charge on any atom is 0.190 e. The molecule has 1 atom stereocenters. The summed E-state index contributed by atoms with van der Waals surface area (Å²) in [6.45, 7) is 6.15. The van der Waals surface area contributed by atoms with Gasteiger partial charge in [0, 0.05) is 12.5 Å². The largest absolute Gasteiger partial charge is 0.396 e. The second kappa shape index (κ2) is 6.32. The average Bonchev–Trinajstić information content (AvgIpc) is 2.12. The van der Waals surface area contributed by atoms with Gasteiger partial charge in [-0.3, -0.25) is 0 Å². The van der Waals surface area contributed by atoms with Crippen LogP contribution in [0, 0.1) is 5.41 Å². The Hall–Kier alpha value is -0.160. The molecular weight excluding hydrogens is 172 g/mol. The van der Waals surface area contributed by atoms with E-state index in [0.717, 1.165) is 6.42 Å². The minimum Gasteiger partial charge on any atom is -0.396 e. The van der Waals surface area contributed by atoms with Crippen molar-refractivity contribution in [1.82, 2.24) is 0 Å². The van der Waals surface area contributed by atoms with Gasteiger partial charge in [-0.1, -0.05) is 20.8 Å². The second-order valence-electron chi connectivity index (χ2n) is 3.75. The van der Waals surface area contributed by atoms with Crippen LogP contribution >= 0.6 is 0 Å². The first-order valence-electron chi connectivity index (χ1n) is 4.47. The highest BCUT2D eigenvalue weighted by Gasteiger charge is 2.18. The van der Waals surface area contributed by atoms with Crippen molar-refractivity contribution in [2.75, 3.05) is 20.3 Å². The van der Waals surface area contributed by atoms with E-state index >= 15 is 0 Å². The van der Waals surface area contributed by atoms with Crippen LogP contribution in [-0.2, 0) is 14.5 Å². The molecule has 4 heteroatoms. The molecule has 1 unspecified atom stereocenters. The van der Waals surface area contributed by atoms with Crippen molar-refractivity contribution in [2.45, 2.75) is 33.5 Å². The molecule has 0 spiro atoms. The van der Waals surface area contributed by atoms with Gasteiger partial charge in [-0.2, -0.15) is 0 Å². The van der Waals surface area contributed by atoms with E-state index in [2.05, 4.69) is 0 Å². The van der Waals surface area contributed by atoms with Crippen molar-refractivity contribution < 1.29 is 19.6 Å². The zero-order valence-corrected chi connectivity index (χ0v) is 8.87. The van der Waals surface area contributed by atoms with Gasteiger partial charge in [-0.05, 0) is 6.42 Å². The van der Waals surface area contributed by atoms with Crippen molar-refractivity contribution in [3.8, 4) is 0 Å². The smallest absolute Gasteiger partial charge is 0.190 e. The topological polar surface area (TPSA) is 47.9 Å². The van der Waals surface area contributed by atoms with Crippen LogP contribution in [0.1, 0.15) is 27.2 Å². The van der Waals surface area contributed by atoms with Crippen molar-refractivity contribution in [2.24, 2.45) is 5.41 Å². The molecule has 4 nitrogen and oxygen atoms in total. The zero-order valence-electron chi connectivity index (χ0n) is 8.87. The maximum absolute atomic E-state index is 8.91. The van der Waals surface area contributed by atoms with Gasteiger partial charge in [0.2, 0.25) is 0 Å². The van der Waals surface area contributed by atoms with Crippen molar-refractivity contribution in [3.05, 3.63) is 0 Å². The summed E-state index contributed by atoms with van der Waals surface area (Å²) in [7, 11) is 1.56. The normalized spacial score (nSPS) is 14.5. The highest BCUT2D eigenvalue weighted by atomic mass is 17.2. The van der Waals surface area contributed by atoms with E-state index in [4.69, 9.17) is 19.6 Å². The van der Waals surface area contributed by atoms with Crippen LogP contribution < -0.4 is 0 Å². The molecule has 0 aliphatic heterocycles. The standard InChI is InChI=1S/C9H20O4/c1-5-8(11-4)13-12-7-9(2,3)6-10/h8,10H,5-7H2,1-4H3. The summed E-state index contributed by atoms with van der Waals surface area (Å²) in [5.41, 5.74) is -0.272. The van der Waals surface area contributed by atoms with E-state index < -0.39 is 0 Å². The molecule has 0 heterocycles. The molecule has 0 amide bonds. The lowest BCUT2D eigenvalue weighted by molar-refractivity contribution is -0.383. The van der Waals surface area contributed by atoms with Gasteiger partial charge in [0.15, 0.2) is 6.29 Å². The summed E-state index contributed by atoms with van der Waals surface area (Å²) in [6.07, 6.45) is 0.408. The molecule has 80 valence electrons. The lowest BCUT2D eigenvalue weighted by Crippen LogP contribution is -2.25. The Bertz CT molecular complexity index is 121. The van der Waals surface area contributed by atoms with Crippen LogP contribution in [0.5, 0.6) is 0 Å². The van der Waals surface area contributed by atoms with Gasteiger partial charge in [-0.25, -0.2) is 9.78 Å². The lowest BCUT2D eigenvalue weighted by atomic mass is 9.97. The summed E-state index contributed by atoms with van der Waals surface area (Å²) in [5.74, 6) is 0. The number of hydrogen-bond donors (Lipinski definition) is 1. The molecule has 1 N–H and O–H groups in total. The molecule has 0 saturated heterocycles. The number of ether oxygens (including phenoxy) is 1. The highest BCUT2D eigenvalue weighted by molar-refractivity contribution is 4.64. The Balaban J connectivity index is 3.54. The molecule has 0 aromatic carbocycles. The van der Waals surface area contributed by atoms with Crippen LogP contribution in [0.15, 0.2) is 0 Å². The van der Waals surface area contributed by atoms with Gasteiger partial charge in [0.25, 0.3) is 0 Å². The van der Waals surface area contributed by atoms with Crippen molar-refractivity contribution in [3.63, 3.8) is 0 Å². The second-order valence-corrected chi connectivity index (χ2v) is 3.75. The van der Waals surface area contributed by atoms with E-state index in [1.807, 2.05) is 20.8 Å². The van der Waals surface area contributed by atoms with Crippen LogP contribution in [-0.4, -0.2) is 31.7 Å². The molecule has 0 radical (unpaired) electrons. The summed E-state index contributed by atoms with van der Waals surface area (Å²) >= 11 is 0. The monoisotopic (exact) mass is 192 g/mol. The maximum atomic E-state index is 8.91. The van der Waals surface area contributed by atoms with Gasteiger partial charge >= 0.3 is 0 Å². The van der Waals surface area contributed by atoms with Crippen LogP contribution in [0.3, 0.4) is 0 Å². The Morgan fingerprint density at radius 1 is 1.38 bits per heavy atom. The quantitative estimate of drug-likeness (QED) is 0.375. The lowest BCUT2D eigenvalue weighted by Gasteiger charge is -2.21. The molecule has 0 aromatic heterocycles. The first-order chi connectivity index (χ1) is 6.05. The summed E-state index contributed by atoms with van der Waals surface area (Å²) in [4.78, 5) is 9.89. The number of rotatable bonds is 7. The molecule has 0 aromatic rings. The van der Waals surface area contributed by atoms with E-state index in [9.17, 15) is 0 Å². The predicted molar refractivity (Wildman–Crippen MR) is 49.0 cm³/mol. The zero-order chi connectivity index (χ0) is 10.3. The number of aliphatic hydroxyl groups is 1. The van der Waals surface area contributed by atoms with E-state index in [-0.39, 0.29) is 18.3 Å². The third-order valence-electron chi connectivity index (χ3n) is 1.65. The van der Waals surface area contributed by atoms with Gasteiger partial charge in [0.05, 0.1) is 13.2 Å². The minimum atomic E-state index is -0.325. The van der Waals surface area contributed by atoms with Gasteiger partial charge in [0.1, 0.15) is 0 Å². The Labute approximate surface area is 79.7 Å². The van der Waals surface area contributed by atoms with Crippen molar-refractivity contribution >= 4 is 0 Å². The summed E-state index contributed by atoms with van der Waals surface area (Å²) in [6, 6.07) is 0. The summed E-state index contributed by atoms with van der Waals surface area (Å²) < 4.78 is 4.94. The fourth-order valence-corrected chi connectivity index (χ4v) is 0.589. The van der Waals surface area contributed by atoms with Gasteiger partial charge < -0.3 is 9.84 Å². The number of aliphatic hydroxyl groups excluding tert-OH is 1. The van der Waals surface area contributed by atoms with Gasteiger partial charge in [-0.15, -0.1) is 0 Å². The number of methoxy groups -OCH3 is 1. The Morgan fingerprint density at radius 2 is 2.00 bits per heavy atom. The van der Waals surface area contributed by atoms with E-state index in [1.54, 1.807) is 7.11 Å². The molecule has 0 fully saturated rings. The molecule has 0 rings (SSSR count). The summed E-state index contributed by atoms with van der Waals surface area (Å²) in [5, 5.41) is 8.91. The molecule has 0 aliphatic rings. The van der Waals surface area contributed by atoms with E-state index in [0.29, 0.717) is 6.61 Å². The fourth-order valence-electron chi connectivity index (χ4n) is 0.589. The third-order valence-corrected chi connectivity index (χ3v) is 1.65. The fraction of sp³-hybridized carbons (Fsp3) is 1.00. The van der Waals surface area contributed by atoms with E-state index in [1.165, 1.54) is 0 Å². The Morgan fingerprint density at radius 3 is 2.38 bits per heavy atom. The van der Waals surface area contributed by atoms with Crippen LogP contribution in [0.2, 0.25) is 0 Å². The first-order valence-corrected chi connectivity index (χ1v) is 4.47. The Kier molecular flexibility index (Phi) is 6.24. The average molecular weight is 192 g/mol. The predicted octanol–water partition coefficient (Wildman–Crippen LogP) is 1.34. The van der Waals surface area contributed by atoms with Crippen molar-refractivity contribution in [1.29, 1.82) is 0 Å². The molecule has 0 saturated carbocycles. The van der Waals surface area contributed by atoms with Crippen LogP contribution in [0.25, 0.3) is 0 Å². The third kappa shape index (κ3) is 5.99. The molecule has 0 aliphatic carbocycles. The molecular formula is C9H20O4. The molecule has 0 bridgehead atoms. The SMILES string of the molecule is CCC(OC)OOCC(C)(C)CO.